The number of pyridine rings is 1. The molecule has 0 unspecified atom stereocenters. The Labute approximate surface area is 110 Å². The number of rotatable bonds is 3. The number of sulfone groups is 1. The number of hydrogen-bond acceptors (Lipinski definition) is 4. The molecule has 18 heavy (non-hydrogen) atoms. The summed E-state index contributed by atoms with van der Waals surface area (Å²) in [7, 11) is -3.24. The first kappa shape index (κ1) is 12.9. The molecule has 0 amide bonds. The molecule has 0 radical (unpaired) electrons. The fourth-order valence-electron chi connectivity index (χ4n) is 1.35. The number of benzene rings is 1. The van der Waals surface area contributed by atoms with Gasteiger partial charge in [0.05, 0.1) is 4.90 Å². The molecule has 0 aliphatic rings. The first-order valence-corrected chi connectivity index (χ1v) is 7.31. The van der Waals surface area contributed by atoms with E-state index >= 15 is 0 Å². The summed E-state index contributed by atoms with van der Waals surface area (Å²) >= 11 is 5.73. The molecule has 0 aliphatic carbocycles. The molecule has 6 heteroatoms. The van der Waals surface area contributed by atoms with E-state index < -0.39 is 9.84 Å². The Hall–Kier alpha value is -1.59. The zero-order valence-corrected chi connectivity index (χ0v) is 11.1. The number of halogens is 1. The number of hydrogen-bond donors (Lipinski definition) is 0. The lowest BCUT2D eigenvalue weighted by molar-refractivity contribution is 0.480. The van der Waals surface area contributed by atoms with Crippen molar-refractivity contribution < 1.29 is 13.2 Å². The highest BCUT2D eigenvalue weighted by molar-refractivity contribution is 7.90. The van der Waals surface area contributed by atoms with Crippen molar-refractivity contribution >= 4 is 21.4 Å². The molecular weight excluding hydrogens is 274 g/mol. The molecule has 0 spiro atoms. The first-order chi connectivity index (χ1) is 8.45. The summed E-state index contributed by atoms with van der Waals surface area (Å²) in [6.07, 6.45) is 2.66. The predicted octanol–water partition coefficient (Wildman–Crippen LogP) is 2.93. The van der Waals surface area contributed by atoms with Crippen LogP contribution in [0, 0.1) is 0 Å². The average molecular weight is 284 g/mol. The van der Waals surface area contributed by atoms with Gasteiger partial charge >= 0.3 is 0 Å². The van der Waals surface area contributed by atoms with Crippen LogP contribution in [0.5, 0.6) is 11.5 Å². The molecule has 0 N–H and O–H groups in total. The van der Waals surface area contributed by atoms with Crippen LogP contribution < -0.4 is 4.74 Å². The Morgan fingerprint density at radius 1 is 1.17 bits per heavy atom. The van der Waals surface area contributed by atoms with E-state index in [1.807, 2.05) is 0 Å². The molecule has 2 aromatic rings. The molecule has 0 saturated heterocycles. The third-order valence-electron chi connectivity index (χ3n) is 2.17. The lowest BCUT2D eigenvalue weighted by atomic mass is 10.3. The minimum atomic E-state index is -3.24. The maximum atomic E-state index is 11.4. The average Bonchev–Trinajstić information content (AvgIpc) is 2.28. The van der Waals surface area contributed by atoms with Crippen LogP contribution >= 0.6 is 11.6 Å². The van der Waals surface area contributed by atoms with E-state index in [0.29, 0.717) is 16.7 Å². The van der Waals surface area contributed by atoms with Gasteiger partial charge in [-0.05, 0) is 24.3 Å². The van der Waals surface area contributed by atoms with Crippen molar-refractivity contribution in [1.82, 2.24) is 4.98 Å². The van der Waals surface area contributed by atoms with Crippen LogP contribution in [0.25, 0.3) is 0 Å². The van der Waals surface area contributed by atoms with E-state index in [1.165, 1.54) is 18.3 Å². The van der Waals surface area contributed by atoms with Crippen LogP contribution in [0.3, 0.4) is 0 Å². The Bertz CT molecular complexity index is 671. The SMILES string of the molecule is CS(=O)(=O)c1cccc(Oc2ccnc(Cl)c2)c1. The normalized spacial score (nSPS) is 11.2. The summed E-state index contributed by atoms with van der Waals surface area (Å²) in [5.74, 6) is 0.931. The summed E-state index contributed by atoms with van der Waals surface area (Å²) < 4.78 is 28.3. The minimum Gasteiger partial charge on any atom is -0.457 e. The van der Waals surface area contributed by atoms with Gasteiger partial charge in [-0.25, -0.2) is 13.4 Å². The fourth-order valence-corrected chi connectivity index (χ4v) is 2.17. The molecule has 0 fully saturated rings. The quantitative estimate of drug-likeness (QED) is 0.813. The van der Waals surface area contributed by atoms with E-state index in [2.05, 4.69) is 4.98 Å². The topological polar surface area (TPSA) is 56.3 Å². The smallest absolute Gasteiger partial charge is 0.175 e. The van der Waals surface area contributed by atoms with Gasteiger partial charge in [-0.1, -0.05) is 17.7 Å². The molecule has 0 saturated carbocycles. The lowest BCUT2D eigenvalue weighted by Crippen LogP contribution is -1.97. The molecular formula is C12H10ClNO3S. The summed E-state index contributed by atoms with van der Waals surface area (Å²) in [4.78, 5) is 4.04. The fraction of sp³-hybridized carbons (Fsp3) is 0.0833. The summed E-state index contributed by atoms with van der Waals surface area (Å²) in [6.45, 7) is 0. The Balaban J connectivity index is 2.30. The number of nitrogens with zero attached hydrogens (tertiary/aromatic N) is 1. The molecule has 1 aromatic carbocycles. The second kappa shape index (κ2) is 4.96. The van der Waals surface area contributed by atoms with E-state index in [1.54, 1.807) is 24.3 Å². The highest BCUT2D eigenvalue weighted by Crippen LogP contribution is 2.24. The van der Waals surface area contributed by atoms with Crippen LogP contribution in [0.15, 0.2) is 47.5 Å². The van der Waals surface area contributed by atoms with Crippen molar-refractivity contribution in [2.75, 3.05) is 6.26 Å². The summed E-state index contributed by atoms with van der Waals surface area (Å²) in [6, 6.07) is 9.45. The molecule has 0 atom stereocenters. The number of ether oxygens (including phenoxy) is 1. The maximum Gasteiger partial charge on any atom is 0.175 e. The van der Waals surface area contributed by atoms with Gasteiger partial charge in [0.1, 0.15) is 16.7 Å². The molecule has 94 valence electrons. The van der Waals surface area contributed by atoms with Crippen molar-refractivity contribution in [2.45, 2.75) is 4.90 Å². The van der Waals surface area contributed by atoms with E-state index in [4.69, 9.17) is 16.3 Å². The van der Waals surface area contributed by atoms with Gasteiger partial charge in [0.2, 0.25) is 0 Å². The molecule has 4 nitrogen and oxygen atoms in total. The largest absolute Gasteiger partial charge is 0.457 e. The maximum absolute atomic E-state index is 11.4. The van der Waals surface area contributed by atoms with Crippen LogP contribution in [-0.4, -0.2) is 19.7 Å². The van der Waals surface area contributed by atoms with Crippen molar-refractivity contribution in [3.05, 3.63) is 47.7 Å². The Morgan fingerprint density at radius 3 is 2.56 bits per heavy atom. The van der Waals surface area contributed by atoms with E-state index in [0.717, 1.165) is 6.26 Å². The molecule has 0 aliphatic heterocycles. The highest BCUT2D eigenvalue weighted by atomic mass is 35.5. The predicted molar refractivity (Wildman–Crippen MR) is 68.9 cm³/mol. The summed E-state index contributed by atoms with van der Waals surface area (Å²) in [5.41, 5.74) is 0. The molecule has 1 aromatic heterocycles. The second-order valence-electron chi connectivity index (χ2n) is 3.66. The monoisotopic (exact) mass is 283 g/mol. The van der Waals surface area contributed by atoms with Gasteiger partial charge in [0.25, 0.3) is 0 Å². The van der Waals surface area contributed by atoms with Gasteiger partial charge in [-0.3, -0.25) is 0 Å². The van der Waals surface area contributed by atoms with Crippen LogP contribution in [0.4, 0.5) is 0 Å². The standard InChI is InChI=1S/C12H10ClNO3S/c1-18(15,16)11-4-2-3-9(7-11)17-10-5-6-14-12(13)8-10/h2-8H,1H3. The van der Waals surface area contributed by atoms with Crippen LogP contribution in [0.1, 0.15) is 0 Å². The third kappa shape index (κ3) is 3.21. The van der Waals surface area contributed by atoms with Crippen molar-refractivity contribution in [1.29, 1.82) is 0 Å². The van der Waals surface area contributed by atoms with Crippen molar-refractivity contribution in [3.63, 3.8) is 0 Å². The van der Waals surface area contributed by atoms with Gasteiger partial charge in [0, 0.05) is 18.5 Å². The molecule has 1 heterocycles. The van der Waals surface area contributed by atoms with Gasteiger partial charge < -0.3 is 4.74 Å². The van der Waals surface area contributed by atoms with Crippen molar-refractivity contribution in [3.8, 4) is 11.5 Å². The van der Waals surface area contributed by atoms with Gasteiger partial charge in [-0.2, -0.15) is 0 Å². The third-order valence-corrected chi connectivity index (χ3v) is 3.48. The Kier molecular flexibility index (Phi) is 3.54. The zero-order chi connectivity index (χ0) is 13.2. The van der Waals surface area contributed by atoms with E-state index in [9.17, 15) is 8.42 Å². The number of aromatic nitrogens is 1. The van der Waals surface area contributed by atoms with Crippen LogP contribution in [0.2, 0.25) is 5.15 Å². The van der Waals surface area contributed by atoms with Gasteiger partial charge in [-0.15, -0.1) is 0 Å². The minimum absolute atomic E-state index is 0.208. The first-order valence-electron chi connectivity index (χ1n) is 5.05. The highest BCUT2D eigenvalue weighted by Gasteiger charge is 2.08. The second-order valence-corrected chi connectivity index (χ2v) is 6.07. The van der Waals surface area contributed by atoms with Crippen LogP contribution in [-0.2, 0) is 9.84 Å². The molecule has 2 rings (SSSR count). The zero-order valence-electron chi connectivity index (χ0n) is 9.50. The van der Waals surface area contributed by atoms with Crippen molar-refractivity contribution in [2.24, 2.45) is 0 Å². The molecule has 0 bridgehead atoms. The lowest BCUT2D eigenvalue weighted by Gasteiger charge is -2.06. The summed E-state index contributed by atoms with van der Waals surface area (Å²) in [5, 5.41) is 0.312. The van der Waals surface area contributed by atoms with E-state index in [-0.39, 0.29) is 4.90 Å². The van der Waals surface area contributed by atoms with Gasteiger partial charge in [0.15, 0.2) is 9.84 Å². The Morgan fingerprint density at radius 2 is 1.89 bits per heavy atom.